The van der Waals surface area contributed by atoms with Crippen LogP contribution < -0.4 is 0 Å². The lowest BCUT2D eigenvalue weighted by Crippen LogP contribution is -2.49. The van der Waals surface area contributed by atoms with E-state index in [0.717, 1.165) is 0 Å². The van der Waals surface area contributed by atoms with Crippen molar-refractivity contribution in [2.45, 2.75) is 20.3 Å². The molecular formula is C12H22N2O4. The molecule has 1 heterocycles. The molecule has 0 aromatic rings. The van der Waals surface area contributed by atoms with Crippen molar-refractivity contribution < 1.29 is 19.4 Å². The van der Waals surface area contributed by atoms with Gasteiger partial charge < -0.3 is 14.7 Å². The van der Waals surface area contributed by atoms with Crippen LogP contribution in [-0.2, 0) is 9.53 Å². The first-order chi connectivity index (χ1) is 8.49. The number of carbonyl (C=O) groups excluding carboxylic acids is 1. The smallest absolute Gasteiger partial charge is 0.409 e. The van der Waals surface area contributed by atoms with E-state index >= 15 is 0 Å². The zero-order valence-corrected chi connectivity index (χ0v) is 11.1. The van der Waals surface area contributed by atoms with E-state index in [9.17, 15) is 9.59 Å². The van der Waals surface area contributed by atoms with Crippen LogP contribution in [0, 0.1) is 5.92 Å². The number of ether oxygens (including phenoxy) is 1. The molecule has 1 rings (SSSR count). The molecule has 0 spiro atoms. The van der Waals surface area contributed by atoms with Crippen LogP contribution in [0.3, 0.4) is 0 Å². The summed E-state index contributed by atoms with van der Waals surface area (Å²) < 4.78 is 5.15. The Hall–Kier alpha value is -1.30. The fraction of sp³-hybridized carbons (Fsp3) is 0.833. The summed E-state index contributed by atoms with van der Waals surface area (Å²) in [7, 11) is 0. The van der Waals surface area contributed by atoms with E-state index in [1.165, 1.54) is 0 Å². The van der Waals surface area contributed by atoms with E-state index in [2.05, 4.69) is 4.90 Å². The Kier molecular flexibility index (Phi) is 5.91. The first-order valence-corrected chi connectivity index (χ1v) is 6.35. The van der Waals surface area contributed by atoms with Crippen LogP contribution in [0.2, 0.25) is 0 Å². The van der Waals surface area contributed by atoms with Crippen molar-refractivity contribution in [1.82, 2.24) is 9.80 Å². The van der Waals surface area contributed by atoms with Crippen LogP contribution in [-0.4, -0.2) is 66.3 Å². The molecule has 0 atom stereocenters. The third-order valence-electron chi connectivity index (χ3n) is 2.81. The Balaban J connectivity index is 2.22. The predicted molar refractivity (Wildman–Crippen MR) is 66.5 cm³/mol. The lowest BCUT2D eigenvalue weighted by molar-refractivity contribution is -0.137. The molecule has 0 saturated carbocycles. The molecule has 1 N–H and O–H groups in total. The van der Waals surface area contributed by atoms with Gasteiger partial charge in [0.2, 0.25) is 0 Å². The highest BCUT2D eigenvalue weighted by molar-refractivity contribution is 5.68. The molecule has 0 radical (unpaired) electrons. The first-order valence-electron chi connectivity index (χ1n) is 6.35. The highest BCUT2D eigenvalue weighted by Crippen LogP contribution is 2.05. The molecule has 0 aliphatic carbocycles. The Morgan fingerprint density at radius 2 is 1.83 bits per heavy atom. The van der Waals surface area contributed by atoms with Crippen LogP contribution in [0.1, 0.15) is 20.3 Å². The van der Waals surface area contributed by atoms with E-state index in [4.69, 9.17) is 9.84 Å². The van der Waals surface area contributed by atoms with Gasteiger partial charge in [-0.15, -0.1) is 0 Å². The summed E-state index contributed by atoms with van der Waals surface area (Å²) in [5, 5.41) is 8.60. The molecule has 1 aliphatic heterocycles. The average Bonchev–Trinajstić information content (AvgIpc) is 2.34. The van der Waals surface area contributed by atoms with Crippen molar-refractivity contribution >= 4 is 12.1 Å². The van der Waals surface area contributed by atoms with Crippen molar-refractivity contribution in [2.24, 2.45) is 5.92 Å². The maximum atomic E-state index is 11.7. The quantitative estimate of drug-likeness (QED) is 0.792. The lowest BCUT2D eigenvalue weighted by atomic mass is 10.2. The van der Waals surface area contributed by atoms with Gasteiger partial charge in [0.05, 0.1) is 13.0 Å². The van der Waals surface area contributed by atoms with Crippen molar-refractivity contribution in [3.05, 3.63) is 0 Å². The van der Waals surface area contributed by atoms with E-state index in [1.807, 2.05) is 13.8 Å². The van der Waals surface area contributed by atoms with Gasteiger partial charge in [0, 0.05) is 32.7 Å². The maximum absolute atomic E-state index is 11.7. The van der Waals surface area contributed by atoms with Gasteiger partial charge in [-0.3, -0.25) is 9.69 Å². The van der Waals surface area contributed by atoms with Crippen LogP contribution in [0.15, 0.2) is 0 Å². The maximum Gasteiger partial charge on any atom is 0.409 e. The van der Waals surface area contributed by atoms with E-state index in [-0.39, 0.29) is 12.5 Å². The number of aliphatic carboxylic acids is 1. The van der Waals surface area contributed by atoms with Crippen molar-refractivity contribution in [3.63, 3.8) is 0 Å². The molecular weight excluding hydrogens is 236 g/mol. The highest BCUT2D eigenvalue weighted by atomic mass is 16.6. The number of nitrogens with zero attached hydrogens (tertiary/aromatic N) is 2. The second kappa shape index (κ2) is 7.20. The van der Waals surface area contributed by atoms with Gasteiger partial charge in [-0.05, 0) is 5.92 Å². The molecule has 6 heteroatoms. The fourth-order valence-electron chi connectivity index (χ4n) is 1.74. The number of hydrogen-bond donors (Lipinski definition) is 1. The fourth-order valence-corrected chi connectivity index (χ4v) is 1.74. The van der Waals surface area contributed by atoms with E-state index in [1.54, 1.807) is 4.90 Å². The van der Waals surface area contributed by atoms with Crippen LogP contribution in [0.4, 0.5) is 4.79 Å². The number of rotatable bonds is 5. The minimum atomic E-state index is -0.784. The standard InChI is InChI=1S/C12H22N2O4/c1-10(2)9-18-12(17)14-7-5-13(6-8-14)4-3-11(15)16/h10H,3-9H2,1-2H3,(H,15,16). The molecule has 6 nitrogen and oxygen atoms in total. The zero-order valence-electron chi connectivity index (χ0n) is 11.1. The van der Waals surface area contributed by atoms with E-state index < -0.39 is 5.97 Å². The molecule has 0 unspecified atom stereocenters. The third-order valence-corrected chi connectivity index (χ3v) is 2.81. The topological polar surface area (TPSA) is 70.1 Å². The van der Waals surface area contributed by atoms with Crippen LogP contribution in [0.5, 0.6) is 0 Å². The Morgan fingerprint density at radius 1 is 1.22 bits per heavy atom. The van der Waals surface area contributed by atoms with Crippen LogP contribution in [0.25, 0.3) is 0 Å². The number of carbonyl (C=O) groups is 2. The van der Waals surface area contributed by atoms with Gasteiger partial charge in [-0.1, -0.05) is 13.8 Å². The summed E-state index contributed by atoms with van der Waals surface area (Å²) in [5.41, 5.74) is 0. The van der Waals surface area contributed by atoms with Gasteiger partial charge in [0.25, 0.3) is 0 Å². The summed E-state index contributed by atoms with van der Waals surface area (Å²) in [6.07, 6.45) is -0.112. The minimum Gasteiger partial charge on any atom is -0.481 e. The van der Waals surface area contributed by atoms with Crippen molar-refractivity contribution in [2.75, 3.05) is 39.3 Å². The van der Waals surface area contributed by atoms with Gasteiger partial charge in [0.1, 0.15) is 0 Å². The summed E-state index contributed by atoms with van der Waals surface area (Å²) in [5.74, 6) is -0.445. The largest absolute Gasteiger partial charge is 0.481 e. The molecule has 1 aliphatic rings. The zero-order chi connectivity index (χ0) is 13.5. The monoisotopic (exact) mass is 258 g/mol. The second-order valence-corrected chi connectivity index (χ2v) is 4.94. The number of carboxylic acid groups (broad SMARTS) is 1. The molecule has 104 valence electrons. The molecule has 1 amide bonds. The molecule has 1 saturated heterocycles. The van der Waals surface area contributed by atoms with Gasteiger partial charge in [-0.2, -0.15) is 0 Å². The number of hydrogen-bond acceptors (Lipinski definition) is 4. The third kappa shape index (κ3) is 5.35. The first kappa shape index (κ1) is 14.8. The summed E-state index contributed by atoms with van der Waals surface area (Å²) in [4.78, 5) is 25.9. The molecule has 0 aromatic carbocycles. The molecule has 0 aromatic heterocycles. The van der Waals surface area contributed by atoms with Gasteiger partial charge >= 0.3 is 12.1 Å². The predicted octanol–water partition coefficient (Wildman–Crippen LogP) is 0.871. The number of carboxylic acids is 1. The Labute approximate surface area is 107 Å². The Bertz CT molecular complexity index is 286. The summed E-state index contributed by atoms with van der Waals surface area (Å²) in [6.45, 7) is 7.62. The summed E-state index contributed by atoms with van der Waals surface area (Å²) >= 11 is 0. The lowest BCUT2D eigenvalue weighted by Gasteiger charge is -2.33. The van der Waals surface area contributed by atoms with Crippen molar-refractivity contribution in [1.29, 1.82) is 0 Å². The number of piperazine rings is 1. The van der Waals surface area contributed by atoms with Gasteiger partial charge in [0.15, 0.2) is 0 Å². The average molecular weight is 258 g/mol. The normalized spacial score (nSPS) is 16.9. The summed E-state index contributed by atoms with van der Waals surface area (Å²) in [6, 6.07) is 0. The number of amides is 1. The SMILES string of the molecule is CC(C)COC(=O)N1CCN(CCC(=O)O)CC1. The second-order valence-electron chi connectivity index (χ2n) is 4.94. The van der Waals surface area contributed by atoms with E-state index in [0.29, 0.717) is 45.2 Å². The minimum absolute atomic E-state index is 0.151. The molecule has 1 fully saturated rings. The highest BCUT2D eigenvalue weighted by Gasteiger charge is 2.22. The molecule has 18 heavy (non-hydrogen) atoms. The van der Waals surface area contributed by atoms with Crippen LogP contribution >= 0.6 is 0 Å². The Morgan fingerprint density at radius 3 is 2.33 bits per heavy atom. The van der Waals surface area contributed by atoms with Crippen molar-refractivity contribution in [3.8, 4) is 0 Å². The van der Waals surface area contributed by atoms with Gasteiger partial charge in [-0.25, -0.2) is 4.79 Å². The molecule has 0 bridgehead atoms.